The Bertz CT molecular complexity index is 475. The molecule has 4 heteroatoms. The van der Waals surface area contributed by atoms with Crippen LogP contribution in [0.3, 0.4) is 0 Å². The highest BCUT2D eigenvalue weighted by molar-refractivity contribution is 5.67. The van der Waals surface area contributed by atoms with Crippen molar-refractivity contribution in [2.24, 2.45) is 0 Å². The van der Waals surface area contributed by atoms with Gasteiger partial charge in [0, 0.05) is 5.92 Å². The van der Waals surface area contributed by atoms with Crippen LogP contribution in [0.4, 0.5) is 5.69 Å². The standard InChI is InChI=1S/C11H11N3O/c12-8-6-13-11(7-3-4-7)14-10(8)9-2-1-5-15-9/h1-2,5-7H,3-4,12H2. The summed E-state index contributed by atoms with van der Waals surface area (Å²) in [6.45, 7) is 0. The first kappa shape index (κ1) is 8.47. The van der Waals surface area contributed by atoms with Crippen LogP contribution in [0.5, 0.6) is 0 Å². The number of aromatic nitrogens is 2. The van der Waals surface area contributed by atoms with Gasteiger partial charge in [-0.2, -0.15) is 0 Å². The van der Waals surface area contributed by atoms with E-state index in [0.29, 0.717) is 23.1 Å². The Morgan fingerprint density at radius 1 is 1.40 bits per heavy atom. The number of nitrogens with two attached hydrogens (primary N) is 1. The Labute approximate surface area is 87.2 Å². The highest BCUT2D eigenvalue weighted by Crippen LogP contribution is 2.39. The number of rotatable bonds is 2. The summed E-state index contributed by atoms with van der Waals surface area (Å²) in [4.78, 5) is 8.68. The molecule has 0 spiro atoms. The van der Waals surface area contributed by atoms with E-state index in [2.05, 4.69) is 9.97 Å². The van der Waals surface area contributed by atoms with Crippen molar-refractivity contribution in [3.63, 3.8) is 0 Å². The fourth-order valence-corrected chi connectivity index (χ4v) is 1.55. The molecular formula is C11H11N3O. The summed E-state index contributed by atoms with van der Waals surface area (Å²) in [5, 5.41) is 0. The molecule has 0 bridgehead atoms. The molecule has 2 N–H and O–H groups in total. The molecule has 1 saturated carbocycles. The second-order valence-electron chi connectivity index (χ2n) is 3.78. The van der Waals surface area contributed by atoms with Gasteiger partial charge < -0.3 is 10.2 Å². The van der Waals surface area contributed by atoms with Gasteiger partial charge in [0.15, 0.2) is 5.76 Å². The van der Waals surface area contributed by atoms with Gasteiger partial charge in [-0.1, -0.05) is 0 Å². The average molecular weight is 201 g/mol. The minimum atomic E-state index is 0.527. The van der Waals surface area contributed by atoms with Crippen LogP contribution in [0, 0.1) is 0 Å². The van der Waals surface area contributed by atoms with Crippen LogP contribution in [0.1, 0.15) is 24.6 Å². The lowest BCUT2D eigenvalue weighted by Gasteiger charge is -2.03. The Morgan fingerprint density at radius 3 is 2.93 bits per heavy atom. The lowest BCUT2D eigenvalue weighted by atomic mass is 10.2. The first-order chi connectivity index (χ1) is 7.34. The molecule has 2 aromatic rings. The van der Waals surface area contributed by atoms with Gasteiger partial charge in [-0.15, -0.1) is 0 Å². The van der Waals surface area contributed by atoms with Crippen molar-refractivity contribution in [3.05, 3.63) is 30.4 Å². The fraction of sp³-hybridized carbons (Fsp3) is 0.273. The van der Waals surface area contributed by atoms with E-state index in [9.17, 15) is 0 Å². The molecule has 76 valence electrons. The zero-order chi connectivity index (χ0) is 10.3. The molecule has 0 radical (unpaired) electrons. The van der Waals surface area contributed by atoms with E-state index < -0.39 is 0 Å². The van der Waals surface area contributed by atoms with Gasteiger partial charge in [-0.3, -0.25) is 0 Å². The maximum absolute atomic E-state index is 5.82. The third-order valence-electron chi connectivity index (χ3n) is 2.53. The highest BCUT2D eigenvalue weighted by Gasteiger charge is 2.27. The molecule has 1 fully saturated rings. The van der Waals surface area contributed by atoms with Crippen LogP contribution >= 0.6 is 0 Å². The lowest BCUT2D eigenvalue weighted by molar-refractivity contribution is 0.579. The minimum Gasteiger partial charge on any atom is -0.463 e. The van der Waals surface area contributed by atoms with Gasteiger partial charge in [0.1, 0.15) is 11.5 Å². The Hall–Kier alpha value is -1.84. The van der Waals surface area contributed by atoms with Gasteiger partial charge in [0.25, 0.3) is 0 Å². The quantitative estimate of drug-likeness (QED) is 0.808. The smallest absolute Gasteiger partial charge is 0.154 e. The fourth-order valence-electron chi connectivity index (χ4n) is 1.55. The van der Waals surface area contributed by atoms with E-state index in [1.54, 1.807) is 12.5 Å². The molecule has 15 heavy (non-hydrogen) atoms. The third kappa shape index (κ3) is 1.48. The largest absolute Gasteiger partial charge is 0.463 e. The van der Waals surface area contributed by atoms with Crippen LogP contribution in [0.2, 0.25) is 0 Å². The number of hydrogen-bond donors (Lipinski definition) is 1. The maximum atomic E-state index is 5.82. The summed E-state index contributed by atoms with van der Waals surface area (Å²) in [6.07, 6.45) is 5.65. The normalized spacial score (nSPS) is 15.5. The topological polar surface area (TPSA) is 64.9 Å². The van der Waals surface area contributed by atoms with E-state index >= 15 is 0 Å². The number of furan rings is 1. The monoisotopic (exact) mass is 201 g/mol. The molecule has 0 atom stereocenters. The van der Waals surface area contributed by atoms with E-state index in [0.717, 1.165) is 5.82 Å². The summed E-state index contributed by atoms with van der Waals surface area (Å²) in [5.41, 5.74) is 7.09. The van der Waals surface area contributed by atoms with Crippen LogP contribution in [0.25, 0.3) is 11.5 Å². The number of nitrogens with zero attached hydrogens (tertiary/aromatic N) is 2. The van der Waals surface area contributed by atoms with Gasteiger partial charge in [-0.05, 0) is 25.0 Å². The van der Waals surface area contributed by atoms with Crippen LogP contribution < -0.4 is 5.73 Å². The second-order valence-corrected chi connectivity index (χ2v) is 3.78. The van der Waals surface area contributed by atoms with E-state index in [4.69, 9.17) is 10.2 Å². The first-order valence-corrected chi connectivity index (χ1v) is 5.01. The van der Waals surface area contributed by atoms with Crippen molar-refractivity contribution in [2.75, 3.05) is 5.73 Å². The Morgan fingerprint density at radius 2 is 2.27 bits per heavy atom. The van der Waals surface area contributed by atoms with Crippen molar-refractivity contribution in [3.8, 4) is 11.5 Å². The van der Waals surface area contributed by atoms with Crippen molar-refractivity contribution in [1.29, 1.82) is 0 Å². The van der Waals surface area contributed by atoms with Gasteiger partial charge in [0.05, 0.1) is 18.1 Å². The summed E-state index contributed by atoms with van der Waals surface area (Å²) in [5.74, 6) is 2.12. The van der Waals surface area contributed by atoms with Crippen LogP contribution in [-0.2, 0) is 0 Å². The predicted molar refractivity (Wildman–Crippen MR) is 56.1 cm³/mol. The number of hydrogen-bond acceptors (Lipinski definition) is 4. The SMILES string of the molecule is Nc1cnc(C2CC2)nc1-c1ccco1. The predicted octanol–water partition coefficient (Wildman–Crippen LogP) is 2.20. The molecule has 1 aliphatic carbocycles. The maximum Gasteiger partial charge on any atom is 0.154 e. The van der Waals surface area contributed by atoms with Crippen molar-refractivity contribution < 1.29 is 4.42 Å². The van der Waals surface area contributed by atoms with Gasteiger partial charge in [0.2, 0.25) is 0 Å². The number of anilines is 1. The molecule has 2 heterocycles. The molecule has 1 aliphatic rings. The van der Waals surface area contributed by atoms with Crippen LogP contribution in [-0.4, -0.2) is 9.97 Å². The zero-order valence-corrected chi connectivity index (χ0v) is 8.18. The highest BCUT2D eigenvalue weighted by atomic mass is 16.3. The van der Waals surface area contributed by atoms with E-state index in [1.165, 1.54) is 12.8 Å². The summed E-state index contributed by atoms with van der Waals surface area (Å²) < 4.78 is 5.29. The second kappa shape index (κ2) is 3.08. The van der Waals surface area contributed by atoms with Crippen LogP contribution in [0.15, 0.2) is 29.0 Å². The first-order valence-electron chi connectivity index (χ1n) is 5.01. The van der Waals surface area contributed by atoms with Crippen molar-refractivity contribution in [2.45, 2.75) is 18.8 Å². The van der Waals surface area contributed by atoms with E-state index in [1.807, 2.05) is 12.1 Å². The number of nitrogen functional groups attached to an aromatic ring is 1. The average Bonchev–Trinajstić information content (AvgIpc) is 2.95. The summed E-state index contributed by atoms with van der Waals surface area (Å²) >= 11 is 0. The van der Waals surface area contributed by atoms with E-state index in [-0.39, 0.29) is 0 Å². The molecule has 0 saturated heterocycles. The lowest BCUT2D eigenvalue weighted by Crippen LogP contribution is -1.99. The van der Waals surface area contributed by atoms with Crippen molar-refractivity contribution in [1.82, 2.24) is 9.97 Å². The Balaban J connectivity index is 2.08. The van der Waals surface area contributed by atoms with Crippen molar-refractivity contribution >= 4 is 5.69 Å². The molecule has 2 aromatic heterocycles. The Kier molecular flexibility index (Phi) is 1.74. The molecule has 0 aromatic carbocycles. The molecule has 0 aliphatic heterocycles. The molecule has 3 rings (SSSR count). The molecule has 0 amide bonds. The zero-order valence-electron chi connectivity index (χ0n) is 8.18. The third-order valence-corrected chi connectivity index (χ3v) is 2.53. The van der Waals surface area contributed by atoms with Gasteiger partial charge >= 0.3 is 0 Å². The molecular weight excluding hydrogens is 190 g/mol. The summed E-state index contributed by atoms with van der Waals surface area (Å²) in [7, 11) is 0. The minimum absolute atomic E-state index is 0.527. The molecule has 4 nitrogen and oxygen atoms in total. The molecule has 0 unspecified atom stereocenters. The van der Waals surface area contributed by atoms with Gasteiger partial charge in [-0.25, -0.2) is 9.97 Å². The summed E-state index contributed by atoms with van der Waals surface area (Å²) in [6, 6.07) is 3.68.